The summed E-state index contributed by atoms with van der Waals surface area (Å²) in [5, 5.41) is 13.1. The van der Waals surface area contributed by atoms with E-state index in [4.69, 9.17) is 33.3 Å². The molecular weight excluding hydrogens is 441 g/mol. The molecule has 0 radical (unpaired) electrons. The normalized spacial score (nSPS) is 16.3. The van der Waals surface area contributed by atoms with Gasteiger partial charge in [0.1, 0.15) is 0 Å². The first-order valence-corrected chi connectivity index (χ1v) is 11.6. The third-order valence-corrected chi connectivity index (χ3v) is 7.29. The van der Waals surface area contributed by atoms with Crippen molar-refractivity contribution in [2.75, 3.05) is 5.01 Å². The van der Waals surface area contributed by atoms with Gasteiger partial charge < -0.3 is 0 Å². The van der Waals surface area contributed by atoms with Crippen molar-refractivity contribution in [1.29, 1.82) is 0 Å². The summed E-state index contributed by atoms with van der Waals surface area (Å²) in [6.45, 7) is 0. The van der Waals surface area contributed by atoms with Crippen LogP contribution in [0, 0.1) is 0 Å². The maximum Gasteiger partial charge on any atom is 0.207 e. The summed E-state index contributed by atoms with van der Waals surface area (Å²) < 4.78 is 0. The van der Waals surface area contributed by atoms with Crippen molar-refractivity contribution in [2.45, 2.75) is 12.5 Å². The Morgan fingerprint density at radius 1 is 0.931 bits per heavy atom. The lowest BCUT2D eigenvalue weighted by atomic mass is 10.0. The van der Waals surface area contributed by atoms with Gasteiger partial charge in [-0.2, -0.15) is 5.10 Å². The van der Waals surface area contributed by atoms with Crippen LogP contribution in [0.5, 0.6) is 0 Å². The fraction of sp³-hybridized carbons (Fsp3) is 0.0909. The van der Waals surface area contributed by atoms with Crippen LogP contribution in [0.2, 0.25) is 10.0 Å². The summed E-state index contributed by atoms with van der Waals surface area (Å²) in [5.74, 6) is 0. The summed E-state index contributed by atoms with van der Waals surface area (Å²) in [6, 6.07) is 20.4. The monoisotopic (exact) mass is 455 g/mol. The molecule has 7 heteroatoms. The molecule has 3 nitrogen and oxygen atoms in total. The number of thiophene rings is 1. The number of aromatic nitrogens is 1. The standard InChI is InChI=1S/C22H15Cl2N3S2/c23-16-9-8-15(11-17(16)24)19-13-29-22(25-19)27-20(14-5-2-1-3-6-14)12-18(26-27)21-7-4-10-28-21/h1-11,13,20H,12H2/t20-/m1/s1. The van der Waals surface area contributed by atoms with Gasteiger partial charge in [0.2, 0.25) is 5.13 Å². The second-order valence-electron chi connectivity index (χ2n) is 6.64. The molecular formula is C22H15Cl2N3S2. The second-order valence-corrected chi connectivity index (χ2v) is 9.24. The zero-order chi connectivity index (χ0) is 19.8. The van der Waals surface area contributed by atoms with Crippen LogP contribution < -0.4 is 5.01 Å². The fourth-order valence-electron chi connectivity index (χ4n) is 3.37. The molecule has 4 aromatic rings. The van der Waals surface area contributed by atoms with Crippen LogP contribution in [-0.4, -0.2) is 10.7 Å². The van der Waals surface area contributed by atoms with Gasteiger partial charge in [-0.15, -0.1) is 22.7 Å². The van der Waals surface area contributed by atoms with Gasteiger partial charge in [-0.3, -0.25) is 0 Å². The lowest BCUT2D eigenvalue weighted by Gasteiger charge is -2.21. The van der Waals surface area contributed by atoms with Gasteiger partial charge in [0, 0.05) is 17.4 Å². The number of thiazole rings is 1. The Morgan fingerprint density at radius 2 is 1.79 bits per heavy atom. The van der Waals surface area contributed by atoms with Crippen LogP contribution in [0.15, 0.2) is 76.5 Å². The van der Waals surface area contributed by atoms with Gasteiger partial charge in [-0.1, -0.05) is 65.7 Å². The van der Waals surface area contributed by atoms with E-state index in [-0.39, 0.29) is 6.04 Å². The van der Waals surface area contributed by atoms with E-state index < -0.39 is 0 Å². The quantitative estimate of drug-likeness (QED) is 0.317. The number of anilines is 1. The van der Waals surface area contributed by atoms with E-state index in [2.05, 4.69) is 46.8 Å². The first-order valence-electron chi connectivity index (χ1n) is 9.05. The SMILES string of the molecule is Clc1ccc(-c2csc(N3N=C(c4cccs4)C[C@@H]3c3ccccc3)n2)cc1Cl. The number of rotatable bonds is 4. The smallest absolute Gasteiger partial charge is 0.207 e. The molecule has 0 N–H and O–H groups in total. The molecule has 144 valence electrons. The largest absolute Gasteiger partial charge is 0.231 e. The minimum absolute atomic E-state index is 0.126. The molecule has 0 unspecified atom stereocenters. The highest BCUT2D eigenvalue weighted by atomic mass is 35.5. The minimum atomic E-state index is 0.126. The molecule has 5 rings (SSSR count). The van der Waals surface area contributed by atoms with Gasteiger partial charge in [0.05, 0.1) is 32.4 Å². The average Bonchev–Trinajstić information content (AvgIpc) is 3.50. The number of benzene rings is 2. The van der Waals surface area contributed by atoms with Crippen molar-refractivity contribution < 1.29 is 0 Å². The molecule has 0 saturated carbocycles. The van der Waals surface area contributed by atoms with Gasteiger partial charge >= 0.3 is 0 Å². The molecule has 1 aliphatic heterocycles. The topological polar surface area (TPSA) is 28.5 Å². The predicted molar refractivity (Wildman–Crippen MR) is 125 cm³/mol. The average molecular weight is 456 g/mol. The first-order chi connectivity index (χ1) is 14.2. The van der Waals surface area contributed by atoms with Crippen molar-refractivity contribution in [3.63, 3.8) is 0 Å². The van der Waals surface area contributed by atoms with Crippen LogP contribution in [0.3, 0.4) is 0 Å². The summed E-state index contributed by atoms with van der Waals surface area (Å²) in [4.78, 5) is 6.07. The zero-order valence-corrected chi connectivity index (χ0v) is 18.3. The van der Waals surface area contributed by atoms with Crippen LogP contribution in [-0.2, 0) is 0 Å². The molecule has 0 aliphatic carbocycles. The molecule has 0 saturated heterocycles. The van der Waals surface area contributed by atoms with Gasteiger partial charge in [-0.25, -0.2) is 9.99 Å². The van der Waals surface area contributed by atoms with Gasteiger partial charge in [-0.05, 0) is 29.1 Å². The van der Waals surface area contributed by atoms with E-state index in [9.17, 15) is 0 Å². The van der Waals surface area contributed by atoms with Crippen molar-refractivity contribution >= 4 is 56.7 Å². The third-order valence-electron chi connectivity index (χ3n) is 4.80. The van der Waals surface area contributed by atoms with Crippen LogP contribution in [0.25, 0.3) is 11.3 Å². The molecule has 0 fully saturated rings. The van der Waals surface area contributed by atoms with E-state index >= 15 is 0 Å². The van der Waals surface area contributed by atoms with Crippen LogP contribution in [0.4, 0.5) is 5.13 Å². The van der Waals surface area contributed by atoms with E-state index in [1.54, 1.807) is 28.7 Å². The fourth-order valence-corrected chi connectivity index (χ4v) is 5.22. The number of halogens is 2. The van der Waals surface area contributed by atoms with Gasteiger partial charge in [0.25, 0.3) is 0 Å². The Morgan fingerprint density at radius 3 is 2.55 bits per heavy atom. The maximum atomic E-state index is 6.19. The van der Waals surface area contributed by atoms with E-state index in [1.807, 2.05) is 23.6 Å². The van der Waals surface area contributed by atoms with E-state index in [0.717, 1.165) is 28.5 Å². The van der Waals surface area contributed by atoms with Crippen LogP contribution >= 0.6 is 45.9 Å². The Labute approximate surface area is 186 Å². The van der Waals surface area contributed by atoms with Crippen molar-refractivity contribution in [1.82, 2.24) is 4.98 Å². The van der Waals surface area contributed by atoms with Crippen molar-refractivity contribution in [3.8, 4) is 11.3 Å². The summed E-state index contributed by atoms with van der Waals surface area (Å²) in [6.07, 6.45) is 0.853. The Balaban J connectivity index is 1.53. The predicted octanol–water partition coefficient (Wildman–Crippen LogP) is 7.53. The summed E-state index contributed by atoms with van der Waals surface area (Å²) in [5.41, 5.74) is 4.14. The minimum Gasteiger partial charge on any atom is -0.231 e. The number of nitrogens with zero attached hydrogens (tertiary/aromatic N) is 3. The number of hydrogen-bond acceptors (Lipinski definition) is 5. The molecule has 3 heterocycles. The zero-order valence-electron chi connectivity index (χ0n) is 15.1. The highest BCUT2D eigenvalue weighted by Crippen LogP contribution is 2.40. The molecule has 0 bridgehead atoms. The maximum absolute atomic E-state index is 6.19. The van der Waals surface area contributed by atoms with Crippen molar-refractivity contribution in [3.05, 3.63) is 91.9 Å². The molecule has 2 aromatic heterocycles. The number of hydrogen-bond donors (Lipinski definition) is 0. The highest BCUT2D eigenvalue weighted by molar-refractivity contribution is 7.14. The molecule has 29 heavy (non-hydrogen) atoms. The van der Waals surface area contributed by atoms with E-state index in [1.165, 1.54) is 10.4 Å². The highest BCUT2D eigenvalue weighted by Gasteiger charge is 2.32. The molecule has 1 atom stereocenters. The molecule has 1 aliphatic rings. The lowest BCUT2D eigenvalue weighted by molar-refractivity contribution is 0.706. The molecule has 0 amide bonds. The van der Waals surface area contributed by atoms with E-state index in [0.29, 0.717) is 10.0 Å². The Kier molecular flexibility index (Phi) is 5.14. The molecule has 0 spiro atoms. The third kappa shape index (κ3) is 3.71. The Bertz CT molecular complexity index is 1170. The Hall–Kier alpha value is -2.18. The van der Waals surface area contributed by atoms with Crippen LogP contribution in [0.1, 0.15) is 22.9 Å². The lowest BCUT2D eigenvalue weighted by Crippen LogP contribution is -2.18. The first kappa shape index (κ1) is 18.8. The summed E-state index contributed by atoms with van der Waals surface area (Å²) in [7, 11) is 0. The molecule has 2 aromatic carbocycles. The summed E-state index contributed by atoms with van der Waals surface area (Å²) >= 11 is 15.5. The van der Waals surface area contributed by atoms with Gasteiger partial charge in [0.15, 0.2) is 0 Å². The number of hydrazone groups is 1. The second kappa shape index (κ2) is 7.92. The van der Waals surface area contributed by atoms with Crippen molar-refractivity contribution in [2.24, 2.45) is 5.10 Å².